The molecule has 1 N–H and O–H groups in total. The largest absolute Gasteiger partial charge is 0.495 e. The number of para-hydroxylation sites is 2. The number of nitrogens with one attached hydrogen (secondary N) is 1. The van der Waals surface area contributed by atoms with Gasteiger partial charge >= 0.3 is 0 Å². The van der Waals surface area contributed by atoms with Crippen LogP contribution in [-0.4, -0.2) is 28.8 Å². The number of ketones is 1. The number of benzene rings is 1. The fraction of sp³-hybridized carbons (Fsp3) is 0.235. The number of hydrogen-bond acceptors (Lipinski definition) is 8. The zero-order valence-electron chi connectivity index (χ0n) is 13.8. The Morgan fingerprint density at radius 3 is 2.80 bits per heavy atom. The molecule has 0 saturated carbocycles. The first-order chi connectivity index (χ1) is 12.2. The molecule has 2 aromatic heterocycles. The van der Waals surface area contributed by atoms with Crippen LogP contribution in [0.3, 0.4) is 0 Å². The van der Waals surface area contributed by atoms with E-state index in [0.717, 1.165) is 27.1 Å². The van der Waals surface area contributed by atoms with Crippen molar-refractivity contribution < 1.29 is 9.53 Å². The van der Waals surface area contributed by atoms with E-state index in [-0.39, 0.29) is 5.78 Å². The molecular weight excluding hydrogens is 374 g/mol. The highest BCUT2D eigenvalue weighted by Crippen LogP contribution is 2.32. The molecule has 0 saturated heterocycles. The highest BCUT2D eigenvalue weighted by Gasteiger charge is 2.13. The quantitative estimate of drug-likeness (QED) is 0.436. The van der Waals surface area contributed by atoms with Crippen molar-refractivity contribution in [3.63, 3.8) is 0 Å². The zero-order valence-corrected chi connectivity index (χ0v) is 16.3. The Balaban J connectivity index is 1.59. The van der Waals surface area contributed by atoms with Gasteiger partial charge in [0.2, 0.25) is 5.13 Å². The van der Waals surface area contributed by atoms with Gasteiger partial charge in [0.15, 0.2) is 10.1 Å². The molecule has 0 radical (unpaired) electrons. The predicted octanol–water partition coefficient (Wildman–Crippen LogP) is 4.89. The van der Waals surface area contributed by atoms with Gasteiger partial charge in [-0.25, -0.2) is 0 Å². The average Bonchev–Trinajstić information content (AvgIpc) is 3.29. The topological polar surface area (TPSA) is 64.1 Å². The standard InChI is InChI=1S/C17H17N3O2S3/c1-3-11-8-9-15(24-11)13(21)10-23-17-20-19-16(25-17)18-12-6-4-5-7-14(12)22-2/h4-9H,3,10H2,1-2H3,(H,18,19). The van der Waals surface area contributed by atoms with Crippen LogP contribution in [0.25, 0.3) is 0 Å². The van der Waals surface area contributed by atoms with Gasteiger partial charge in [-0.05, 0) is 30.7 Å². The number of aromatic nitrogens is 2. The van der Waals surface area contributed by atoms with E-state index in [1.807, 2.05) is 36.4 Å². The van der Waals surface area contributed by atoms with Crippen LogP contribution in [0.4, 0.5) is 10.8 Å². The molecule has 2 heterocycles. The first-order valence-electron chi connectivity index (χ1n) is 7.68. The average molecular weight is 392 g/mol. The Labute approximate surface area is 158 Å². The zero-order chi connectivity index (χ0) is 17.6. The summed E-state index contributed by atoms with van der Waals surface area (Å²) < 4.78 is 6.07. The van der Waals surface area contributed by atoms with Crippen LogP contribution in [0.2, 0.25) is 0 Å². The van der Waals surface area contributed by atoms with Gasteiger partial charge in [-0.15, -0.1) is 21.5 Å². The Bertz CT molecular complexity index is 860. The molecule has 0 aliphatic rings. The molecule has 0 aliphatic heterocycles. The van der Waals surface area contributed by atoms with Crippen molar-refractivity contribution in [2.75, 3.05) is 18.2 Å². The van der Waals surface area contributed by atoms with Gasteiger partial charge < -0.3 is 10.1 Å². The highest BCUT2D eigenvalue weighted by atomic mass is 32.2. The first kappa shape index (κ1) is 17.9. The third-order valence-electron chi connectivity index (χ3n) is 3.37. The van der Waals surface area contributed by atoms with Crippen LogP contribution in [-0.2, 0) is 6.42 Å². The van der Waals surface area contributed by atoms with Crippen LogP contribution in [0.1, 0.15) is 21.5 Å². The number of hydrogen-bond donors (Lipinski definition) is 1. The molecule has 5 nitrogen and oxygen atoms in total. The van der Waals surface area contributed by atoms with Gasteiger partial charge in [0.1, 0.15) is 5.75 Å². The minimum Gasteiger partial charge on any atom is -0.495 e. The van der Waals surface area contributed by atoms with Crippen LogP contribution >= 0.6 is 34.4 Å². The summed E-state index contributed by atoms with van der Waals surface area (Å²) in [5.74, 6) is 1.24. The van der Waals surface area contributed by atoms with E-state index in [2.05, 4.69) is 22.4 Å². The molecule has 0 bridgehead atoms. The van der Waals surface area contributed by atoms with Crippen molar-refractivity contribution in [3.05, 3.63) is 46.2 Å². The van der Waals surface area contributed by atoms with E-state index >= 15 is 0 Å². The minimum absolute atomic E-state index is 0.129. The molecular formula is C17H17N3O2S3. The normalized spacial score (nSPS) is 10.6. The van der Waals surface area contributed by atoms with Crippen molar-refractivity contribution in [3.8, 4) is 5.75 Å². The molecule has 0 unspecified atom stereocenters. The second kappa shape index (κ2) is 8.46. The maximum Gasteiger partial charge on any atom is 0.210 e. The van der Waals surface area contributed by atoms with Crippen LogP contribution in [0, 0.1) is 0 Å². The highest BCUT2D eigenvalue weighted by molar-refractivity contribution is 8.01. The molecule has 0 aliphatic carbocycles. The Morgan fingerprint density at radius 2 is 2.04 bits per heavy atom. The van der Waals surface area contributed by atoms with Gasteiger partial charge in [0, 0.05) is 4.88 Å². The van der Waals surface area contributed by atoms with E-state index in [1.165, 1.54) is 28.0 Å². The summed E-state index contributed by atoms with van der Waals surface area (Å²) in [5.41, 5.74) is 0.833. The number of Topliss-reactive ketones (excluding diaryl/α,β-unsaturated/α-hetero) is 1. The molecule has 1 aromatic carbocycles. The smallest absolute Gasteiger partial charge is 0.210 e. The van der Waals surface area contributed by atoms with E-state index in [1.54, 1.807) is 18.4 Å². The first-order valence-corrected chi connectivity index (χ1v) is 10.3. The molecule has 130 valence electrons. The van der Waals surface area contributed by atoms with Crippen molar-refractivity contribution in [2.24, 2.45) is 0 Å². The summed E-state index contributed by atoms with van der Waals surface area (Å²) in [5, 5.41) is 12.1. The van der Waals surface area contributed by atoms with Crippen molar-refractivity contribution >= 4 is 51.0 Å². The molecule has 0 spiro atoms. The van der Waals surface area contributed by atoms with Gasteiger partial charge in [-0.1, -0.05) is 42.2 Å². The monoisotopic (exact) mass is 391 g/mol. The summed E-state index contributed by atoms with van der Waals surface area (Å²) in [4.78, 5) is 14.3. The number of aryl methyl sites for hydroxylation is 1. The van der Waals surface area contributed by atoms with E-state index in [4.69, 9.17) is 4.74 Å². The van der Waals surface area contributed by atoms with E-state index < -0.39 is 0 Å². The van der Waals surface area contributed by atoms with E-state index in [0.29, 0.717) is 10.9 Å². The molecule has 0 atom stereocenters. The van der Waals surface area contributed by atoms with E-state index in [9.17, 15) is 4.79 Å². The van der Waals surface area contributed by atoms with Gasteiger partial charge in [0.25, 0.3) is 0 Å². The number of anilines is 2. The fourth-order valence-corrected chi connectivity index (χ4v) is 4.72. The van der Waals surface area contributed by atoms with Gasteiger partial charge in [0.05, 0.1) is 23.4 Å². The Hall–Kier alpha value is -1.90. The van der Waals surface area contributed by atoms with Gasteiger partial charge in [-0.3, -0.25) is 4.79 Å². The van der Waals surface area contributed by atoms with Crippen LogP contribution < -0.4 is 10.1 Å². The second-order valence-corrected chi connectivity index (χ2v) is 8.40. The SMILES string of the molecule is CCc1ccc(C(=O)CSc2nnc(Nc3ccccc3OC)s2)s1. The summed E-state index contributed by atoms with van der Waals surface area (Å²) in [6, 6.07) is 11.5. The number of carbonyl (C=O) groups is 1. The number of rotatable bonds is 8. The number of methoxy groups -OCH3 is 1. The lowest BCUT2D eigenvalue weighted by Crippen LogP contribution is -1.98. The van der Waals surface area contributed by atoms with Crippen molar-refractivity contribution in [1.82, 2.24) is 10.2 Å². The second-order valence-electron chi connectivity index (χ2n) is 5.03. The van der Waals surface area contributed by atoms with Crippen LogP contribution in [0.15, 0.2) is 40.7 Å². The summed E-state index contributed by atoms with van der Waals surface area (Å²) in [6.45, 7) is 2.09. The summed E-state index contributed by atoms with van der Waals surface area (Å²) >= 11 is 4.40. The molecule has 0 fully saturated rings. The molecule has 0 amide bonds. The Kier molecular flexibility index (Phi) is 6.06. The molecule has 3 aromatic rings. The minimum atomic E-state index is 0.129. The fourth-order valence-electron chi connectivity index (χ4n) is 2.10. The summed E-state index contributed by atoms with van der Waals surface area (Å²) in [6.07, 6.45) is 0.958. The number of carbonyl (C=O) groups excluding carboxylic acids is 1. The molecule has 3 rings (SSSR count). The Morgan fingerprint density at radius 1 is 1.20 bits per heavy atom. The van der Waals surface area contributed by atoms with Crippen LogP contribution in [0.5, 0.6) is 5.75 Å². The lowest BCUT2D eigenvalue weighted by atomic mass is 10.3. The number of nitrogens with zero attached hydrogens (tertiary/aromatic N) is 2. The predicted molar refractivity (Wildman–Crippen MR) is 105 cm³/mol. The number of ether oxygens (including phenoxy) is 1. The molecule has 25 heavy (non-hydrogen) atoms. The lowest BCUT2D eigenvalue weighted by molar-refractivity contribution is 0.102. The van der Waals surface area contributed by atoms with Crippen molar-refractivity contribution in [1.29, 1.82) is 0 Å². The third-order valence-corrected chi connectivity index (χ3v) is 6.61. The maximum absolute atomic E-state index is 12.2. The molecule has 8 heteroatoms. The number of thioether (sulfide) groups is 1. The van der Waals surface area contributed by atoms with Crippen molar-refractivity contribution in [2.45, 2.75) is 17.7 Å². The summed E-state index contributed by atoms with van der Waals surface area (Å²) in [7, 11) is 1.63. The third kappa shape index (κ3) is 4.59. The van der Waals surface area contributed by atoms with Gasteiger partial charge in [-0.2, -0.15) is 0 Å². The maximum atomic E-state index is 12.2. The lowest BCUT2D eigenvalue weighted by Gasteiger charge is -2.07. The number of thiophene rings is 1.